The predicted octanol–water partition coefficient (Wildman–Crippen LogP) is 3.87. The van der Waals surface area contributed by atoms with Crippen molar-refractivity contribution in [1.82, 2.24) is 0 Å². The molecule has 0 aliphatic heterocycles. The Hall–Kier alpha value is -2.21. The van der Waals surface area contributed by atoms with E-state index in [1.54, 1.807) is 24.3 Å². The first-order valence-electron chi connectivity index (χ1n) is 6.18. The van der Waals surface area contributed by atoms with Crippen LogP contribution in [0.15, 0.2) is 48.5 Å². The van der Waals surface area contributed by atoms with Crippen LogP contribution in [0.2, 0.25) is 0 Å². The van der Waals surface area contributed by atoms with Gasteiger partial charge >= 0.3 is 6.18 Å². The van der Waals surface area contributed by atoms with Gasteiger partial charge in [-0.15, -0.1) is 0 Å². The predicted molar refractivity (Wildman–Crippen MR) is 70.5 cm³/mol. The Labute approximate surface area is 119 Å². The molecule has 0 saturated carbocycles. The van der Waals surface area contributed by atoms with Crippen molar-refractivity contribution in [2.75, 3.05) is 13.2 Å². The first-order chi connectivity index (χ1) is 9.99. The van der Waals surface area contributed by atoms with Crippen LogP contribution in [-0.2, 0) is 6.18 Å². The van der Waals surface area contributed by atoms with Crippen LogP contribution < -0.4 is 9.47 Å². The molecule has 0 aromatic heterocycles. The lowest BCUT2D eigenvalue weighted by Crippen LogP contribution is -2.04. The molecule has 0 radical (unpaired) electrons. The van der Waals surface area contributed by atoms with E-state index in [-0.39, 0.29) is 19.0 Å². The summed E-state index contributed by atoms with van der Waals surface area (Å²) in [5, 5.41) is 8.63. The van der Waals surface area contributed by atoms with E-state index < -0.39 is 11.7 Å². The normalized spacial score (nSPS) is 11.2. The molecule has 2 aromatic rings. The molecule has 0 aliphatic carbocycles. The molecule has 0 fully saturated rings. The molecule has 0 bridgehead atoms. The second kappa shape index (κ2) is 6.49. The molecule has 0 spiro atoms. The first-order valence-corrected chi connectivity index (χ1v) is 6.18. The highest BCUT2D eigenvalue weighted by Crippen LogP contribution is 2.32. The summed E-state index contributed by atoms with van der Waals surface area (Å²) in [5.41, 5.74) is -0.761. The summed E-state index contributed by atoms with van der Waals surface area (Å²) in [5.74, 6) is 1.04. The fraction of sp³-hybridized carbons (Fsp3) is 0.200. The highest BCUT2D eigenvalue weighted by atomic mass is 19.4. The van der Waals surface area contributed by atoms with E-state index in [4.69, 9.17) is 14.6 Å². The molecule has 0 aliphatic rings. The maximum Gasteiger partial charge on any atom is 0.416 e. The van der Waals surface area contributed by atoms with E-state index >= 15 is 0 Å². The summed E-state index contributed by atoms with van der Waals surface area (Å²) in [6.07, 6.45) is -4.40. The van der Waals surface area contributed by atoms with Crippen LogP contribution in [-0.4, -0.2) is 18.3 Å². The lowest BCUT2D eigenvalue weighted by molar-refractivity contribution is -0.137. The number of benzene rings is 2. The third kappa shape index (κ3) is 4.39. The van der Waals surface area contributed by atoms with Crippen molar-refractivity contribution in [2.45, 2.75) is 6.18 Å². The van der Waals surface area contributed by atoms with E-state index in [1.165, 1.54) is 12.1 Å². The molecule has 2 rings (SSSR count). The molecular weight excluding hydrogens is 285 g/mol. The molecule has 0 saturated heterocycles. The minimum absolute atomic E-state index is 0.0948. The van der Waals surface area contributed by atoms with E-state index in [2.05, 4.69) is 0 Å². The van der Waals surface area contributed by atoms with Crippen molar-refractivity contribution in [3.05, 3.63) is 54.1 Å². The Morgan fingerprint density at radius 2 is 1.57 bits per heavy atom. The smallest absolute Gasteiger partial charge is 0.416 e. The van der Waals surface area contributed by atoms with Crippen molar-refractivity contribution in [3.63, 3.8) is 0 Å². The second-order valence-corrected chi connectivity index (χ2v) is 4.17. The van der Waals surface area contributed by atoms with Crippen molar-refractivity contribution in [3.8, 4) is 17.2 Å². The average molecular weight is 298 g/mol. The minimum Gasteiger partial charge on any atom is -0.491 e. The van der Waals surface area contributed by atoms with E-state index in [9.17, 15) is 13.2 Å². The van der Waals surface area contributed by atoms with Gasteiger partial charge in [-0.05, 0) is 42.5 Å². The lowest BCUT2D eigenvalue weighted by atomic mass is 10.2. The van der Waals surface area contributed by atoms with Gasteiger partial charge in [-0.2, -0.15) is 13.2 Å². The van der Waals surface area contributed by atoms with Crippen molar-refractivity contribution < 1.29 is 27.8 Å². The number of hydrogen-bond donors (Lipinski definition) is 1. The van der Waals surface area contributed by atoms with Crippen LogP contribution in [0.5, 0.6) is 17.2 Å². The summed E-state index contributed by atoms with van der Waals surface area (Å²) in [6, 6.07) is 11.0. The molecule has 21 heavy (non-hydrogen) atoms. The number of rotatable bonds is 5. The summed E-state index contributed by atoms with van der Waals surface area (Å²) >= 11 is 0. The monoisotopic (exact) mass is 298 g/mol. The summed E-state index contributed by atoms with van der Waals surface area (Å²) < 4.78 is 48.3. The van der Waals surface area contributed by atoms with Crippen LogP contribution in [0.3, 0.4) is 0 Å². The van der Waals surface area contributed by atoms with Crippen molar-refractivity contribution in [2.24, 2.45) is 0 Å². The highest BCUT2D eigenvalue weighted by Gasteiger charge is 2.30. The van der Waals surface area contributed by atoms with Gasteiger partial charge < -0.3 is 14.6 Å². The van der Waals surface area contributed by atoms with Gasteiger partial charge in [0.25, 0.3) is 0 Å². The molecule has 6 heteroatoms. The highest BCUT2D eigenvalue weighted by molar-refractivity contribution is 5.37. The molecular formula is C15H13F3O3. The minimum atomic E-state index is -4.40. The summed E-state index contributed by atoms with van der Waals surface area (Å²) in [6.45, 7) is 0.0797. The number of hydrogen-bond acceptors (Lipinski definition) is 3. The van der Waals surface area contributed by atoms with Gasteiger partial charge in [0.1, 0.15) is 23.9 Å². The van der Waals surface area contributed by atoms with Gasteiger partial charge in [0, 0.05) is 0 Å². The Morgan fingerprint density at radius 1 is 0.905 bits per heavy atom. The van der Waals surface area contributed by atoms with Crippen LogP contribution >= 0.6 is 0 Å². The summed E-state index contributed by atoms with van der Waals surface area (Å²) in [7, 11) is 0. The standard InChI is InChI=1S/C15H13F3O3/c16-15(17,18)11-2-1-3-14(10-11)21-13-6-4-12(5-7-13)20-9-8-19/h1-7,10,19H,8-9H2. The number of aliphatic hydroxyl groups excluding tert-OH is 1. The van der Waals surface area contributed by atoms with E-state index in [0.717, 1.165) is 12.1 Å². The largest absolute Gasteiger partial charge is 0.491 e. The Morgan fingerprint density at radius 3 is 2.19 bits per heavy atom. The summed E-state index contributed by atoms with van der Waals surface area (Å²) in [4.78, 5) is 0. The van der Waals surface area contributed by atoms with Gasteiger partial charge in [0.15, 0.2) is 0 Å². The van der Waals surface area contributed by atoms with Crippen LogP contribution in [0, 0.1) is 0 Å². The quantitative estimate of drug-likeness (QED) is 0.910. The third-order valence-electron chi connectivity index (χ3n) is 2.58. The third-order valence-corrected chi connectivity index (χ3v) is 2.58. The topological polar surface area (TPSA) is 38.7 Å². The molecule has 0 unspecified atom stereocenters. The van der Waals surface area contributed by atoms with E-state index in [0.29, 0.717) is 11.5 Å². The maximum absolute atomic E-state index is 12.6. The molecule has 112 valence electrons. The number of alkyl halides is 3. The van der Waals surface area contributed by atoms with Gasteiger partial charge in [-0.25, -0.2) is 0 Å². The van der Waals surface area contributed by atoms with Crippen molar-refractivity contribution in [1.29, 1.82) is 0 Å². The molecule has 3 nitrogen and oxygen atoms in total. The second-order valence-electron chi connectivity index (χ2n) is 4.17. The lowest BCUT2D eigenvalue weighted by Gasteiger charge is -2.10. The fourth-order valence-electron chi connectivity index (χ4n) is 1.64. The zero-order valence-electron chi connectivity index (χ0n) is 10.9. The maximum atomic E-state index is 12.6. The molecule has 0 atom stereocenters. The Balaban J connectivity index is 2.08. The van der Waals surface area contributed by atoms with Crippen LogP contribution in [0.1, 0.15) is 5.56 Å². The van der Waals surface area contributed by atoms with Gasteiger partial charge in [-0.3, -0.25) is 0 Å². The zero-order valence-corrected chi connectivity index (χ0v) is 10.9. The number of halogens is 3. The first kappa shape index (κ1) is 15.2. The number of ether oxygens (including phenoxy) is 2. The molecule has 0 amide bonds. The Kier molecular flexibility index (Phi) is 4.70. The van der Waals surface area contributed by atoms with Crippen LogP contribution in [0.25, 0.3) is 0 Å². The van der Waals surface area contributed by atoms with Gasteiger partial charge in [0.05, 0.1) is 12.2 Å². The molecule has 1 N–H and O–H groups in total. The molecule has 2 aromatic carbocycles. The SMILES string of the molecule is OCCOc1ccc(Oc2cccc(C(F)(F)F)c2)cc1. The molecule has 0 heterocycles. The van der Waals surface area contributed by atoms with Crippen LogP contribution in [0.4, 0.5) is 13.2 Å². The Bertz CT molecular complexity index is 579. The van der Waals surface area contributed by atoms with Crippen molar-refractivity contribution >= 4 is 0 Å². The van der Waals surface area contributed by atoms with E-state index in [1.807, 2.05) is 0 Å². The zero-order chi connectivity index (χ0) is 15.3. The fourth-order valence-corrected chi connectivity index (χ4v) is 1.64. The number of aliphatic hydroxyl groups is 1. The average Bonchev–Trinajstić information content (AvgIpc) is 2.46. The van der Waals surface area contributed by atoms with Gasteiger partial charge in [0.2, 0.25) is 0 Å². The van der Waals surface area contributed by atoms with Gasteiger partial charge in [-0.1, -0.05) is 6.07 Å².